The zero-order valence-corrected chi connectivity index (χ0v) is 24.3. The van der Waals surface area contributed by atoms with Gasteiger partial charge in [0.05, 0.1) is 12.2 Å². The molecule has 39 heavy (non-hydrogen) atoms. The van der Waals surface area contributed by atoms with Crippen LogP contribution in [0, 0.1) is 5.82 Å². The number of nitrogens with one attached hydrogen (secondary N) is 1. The second kappa shape index (κ2) is 10.9. The van der Waals surface area contributed by atoms with Crippen molar-refractivity contribution in [3.8, 4) is 0 Å². The Labute approximate surface area is 234 Å². The van der Waals surface area contributed by atoms with Crippen LogP contribution in [0.5, 0.6) is 0 Å². The number of carbonyl (C=O) groups excluding carboxylic acids is 2. The lowest BCUT2D eigenvalue weighted by atomic mass is 9.91. The minimum Gasteiger partial charge on any atom is -0.444 e. The Kier molecular flexibility index (Phi) is 8.15. The fraction of sp³-hybridized carbons (Fsp3) is 0.552. The number of ether oxygens (including phenoxy) is 1. The van der Waals surface area contributed by atoms with Crippen molar-refractivity contribution < 1.29 is 18.7 Å². The Hall–Kier alpha value is -2.91. The van der Waals surface area contributed by atoms with Crippen molar-refractivity contribution in [2.24, 2.45) is 0 Å². The number of aromatic nitrogens is 1. The number of pyridine rings is 1. The number of piperazine rings is 1. The summed E-state index contributed by atoms with van der Waals surface area (Å²) >= 11 is 6.31. The van der Waals surface area contributed by atoms with E-state index >= 15 is 0 Å². The SMILES string of the molecule is CC1CN(CC(=O)N2CC(C)(C)c3[nH]c(=O)c(Cc4ccc(F)cc4)cc32)C(CCl)CN1C(=O)OC(C)(C)C. The Bertz CT molecular complexity index is 1290. The van der Waals surface area contributed by atoms with Crippen molar-refractivity contribution in [2.75, 3.05) is 37.0 Å². The number of halogens is 2. The van der Waals surface area contributed by atoms with Crippen molar-refractivity contribution in [1.82, 2.24) is 14.8 Å². The molecule has 0 radical (unpaired) electrons. The molecule has 2 unspecified atom stereocenters. The highest BCUT2D eigenvalue weighted by atomic mass is 35.5. The Morgan fingerprint density at radius 2 is 1.85 bits per heavy atom. The monoisotopic (exact) mass is 560 g/mol. The van der Waals surface area contributed by atoms with Gasteiger partial charge in [0.25, 0.3) is 5.56 Å². The summed E-state index contributed by atoms with van der Waals surface area (Å²) < 4.78 is 18.9. The predicted octanol–water partition coefficient (Wildman–Crippen LogP) is 4.28. The lowest BCUT2D eigenvalue weighted by Gasteiger charge is -2.44. The lowest BCUT2D eigenvalue weighted by molar-refractivity contribution is -0.121. The van der Waals surface area contributed by atoms with Gasteiger partial charge >= 0.3 is 6.09 Å². The van der Waals surface area contributed by atoms with E-state index in [0.717, 1.165) is 11.3 Å². The number of nitrogens with zero attached hydrogens (tertiary/aromatic N) is 3. The number of benzene rings is 1. The van der Waals surface area contributed by atoms with E-state index in [0.29, 0.717) is 37.3 Å². The first-order valence-electron chi connectivity index (χ1n) is 13.3. The standard InChI is InChI=1S/C29H38ClFN4O4/c1-18-14-33(22(13-30)15-34(18)27(38)39-28(2,3)4)16-24(36)35-17-29(5,6)25-23(35)12-20(26(37)32-25)11-19-7-9-21(31)10-8-19/h7-10,12,18,22H,11,13-17H2,1-6H3,(H,32,37). The van der Waals surface area contributed by atoms with Crippen LogP contribution in [0.15, 0.2) is 35.1 Å². The summed E-state index contributed by atoms with van der Waals surface area (Å²) in [5.74, 6) is -0.178. The maximum atomic E-state index is 13.7. The molecule has 212 valence electrons. The summed E-state index contributed by atoms with van der Waals surface area (Å²) in [6, 6.07) is 7.46. The van der Waals surface area contributed by atoms with Gasteiger partial charge in [-0.2, -0.15) is 0 Å². The number of amides is 2. The van der Waals surface area contributed by atoms with Crippen LogP contribution in [0.1, 0.15) is 58.4 Å². The van der Waals surface area contributed by atoms with E-state index in [9.17, 15) is 18.8 Å². The molecule has 2 aromatic rings. The number of hydrogen-bond acceptors (Lipinski definition) is 5. The maximum Gasteiger partial charge on any atom is 0.410 e. The molecule has 10 heteroatoms. The number of aromatic amines is 1. The molecule has 0 spiro atoms. The van der Waals surface area contributed by atoms with Crippen molar-refractivity contribution >= 4 is 29.3 Å². The fourth-order valence-corrected chi connectivity index (χ4v) is 5.60. The third-order valence-corrected chi connectivity index (χ3v) is 7.68. The first kappa shape index (κ1) is 29.1. The fourth-order valence-electron chi connectivity index (χ4n) is 5.31. The summed E-state index contributed by atoms with van der Waals surface area (Å²) in [5.41, 5.74) is 1.47. The van der Waals surface area contributed by atoms with Crippen molar-refractivity contribution in [1.29, 1.82) is 0 Å². The molecular formula is C29H38ClFN4O4. The van der Waals surface area contributed by atoms with Gasteiger partial charge in [-0.3, -0.25) is 14.5 Å². The normalized spacial score (nSPS) is 21.1. The molecule has 0 saturated carbocycles. The van der Waals surface area contributed by atoms with E-state index in [-0.39, 0.29) is 47.9 Å². The van der Waals surface area contributed by atoms with E-state index in [2.05, 4.69) is 4.98 Å². The van der Waals surface area contributed by atoms with Crippen LogP contribution >= 0.6 is 11.6 Å². The molecule has 2 amide bonds. The molecule has 3 heterocycles. The minimum atomic E-state index is -0.604. The molecular weight excluding hydrogens is 523 g/mol. The number of hydrogen-bond donors (Lipinski definition) is 1. The Morgan fingerprint density at radius 1 is 1.18 bits per heavy atom. The highest BCUT2D eigenvalue weighted by Gasteiger charge is 2.42. The summed E-state index contributed by atoms with van der Waals surface area (Å²) in [6.45, 7) is 12.8. The van der Waals surface area contributed by atoms with E-state index < -0.39 is 11.0 Å². The molecule has 0 bridgehead atoms. The zero-order chi connectivity index (χ0) is 28.7. The van der Waals surface area contributed by atoms with Crippen LogP contribution in [-0.4, -0.2) is 76.5 Å². The molecule has 2 atom stereocenters. The Morgan fingerprint density at radius 3 is 2.46 bits per heavy atom. The van der Waals surface area contributed by atoms with E-state index in [1.165, 1.54) is 12.1 Å². The molecule has 8 nitrogen and oxygen atoms in total. The zero-order valence-electron chi connectivity index (χ0n) is 23.5. The second-order valence-corrected chi connectivity index (χ2v) is 12.6. The van der Waals surface area contributed by atoms with Gasteiger partial charge in [-0.15, -0.1) is 11.6 Å². The molecule has 2 aliphatic rings. The number of carbonyl (C=O) groups is 2. The Balaban J connectivity index is 1.53. The summed E-state index contributed by atoms with van der Waals surface area (Å²) in [7, 11) is 0. The topological polar surface area (TPSA) is 86.0 Å². The summed E-state index contributed by atoms with van der Waals surface area (Å²) in [5, 5.41) is 0. The highest BCUT2D eigenvalue weighted by Crippen LogP contribution is 2.39. The van der Waals surface area contributed by atoms with E-state index in [1.54, 1.807) is 28.0 Å². The molecule has 1 aromatic heterocycles. The van der Waals surface area contributed by atoms with Gasteiger partial charge in [0, 0.05) is 60.7 Å². The summed E-state index contributed by atoms with van der Waals surface area (Å²) in [4.78, 5) is 47.9. The molecule has 1 saturated heterocycles. The number of anilines is 1. The number of alkyl halides is 1. The third-order valence-electron chi connectivity index (χ3n) is 7.33. The van der Waals surface area contributed by atoms with Gasteiger partial charge in [0.15, 0.2) is 0 Å². The molecule has 4 rings (SSSR count). The number of fused-ring (bicyclic) bond motifs is 1. The average Bonchev–Trinajstić information content (AvgIpc) is 3.09. The molecule has 1 aromatic carbocycles. The average molecular weight is 561 g/mol. The highest BCUT2D eigenvalue weighted by molar-refractivity contribution is 6.18. The predicted molar refractivity (Wildman–Crippen MR) is 150 cm³/mol. The largest absolute Gasteiger partial charge is 0.444 e. The van der Waals surface area contributed by atoms with Gasteiger partial charge in [-0.05, 0) is 51.5 Å². The molecule has 0 aliphatic carbocycles. The van der Waals surface area contributed by atoms with E-state index in [4.69, 9.17) is 16.3 Å². The quantitative estimate of drug-likeness (QED) is 0.552. The second-order valence-electron chi connectivity index (χ2n) is 12.3. The van der Waals surface area contributed by atoms with Crippen LogP contribution < -0.4 is 10.5 Å². The van der Waals surface area contributed by atoms with Gasteiger partial charge in [0.2, 0.25) is 5.91 Å². The lowest BCUT2D eigenvalue weighted by Crippen LogP contribution is -2.61. The van der Waals surface area contributed by atoms with E-state index in [1.807, 2.05) is 46.4 Å². The van der Waals surface area contributed by atoms with Crippen LogP contribution in [0.25, 0.3) is 0 Å². The molecule has 1 fully saturated rings. The number of rotatable bonds is 5. The van der Waals surface area contributed by atoms with Crippen molar-refractivity contribution in [2.45, 2.75) is 71.1 Å². The first-order chi connectivity index (χ1) is 18.2. The van der Waals surface area contributed by atoms with Crippen molar-refractivity contribution in [3.63, 3.8) is 0 Å². The van der Waals surface area contributed by atoms with Crippen LogP contribution in [0.3, 0.4) is 0 Å². The smallest absolute Gasteiger partial charge is 0.410 e. The number of H-pyrrole nitrogens is 1. The van der Waals surface area contributed by atoms with Crippen LogP contribution in [-0.2, 0) is 21.4 Å². The van der Waals surface area contributed by atoms with Crippen LogP contribution in [0.2, 0.25) is 0 Å². The van der Waals surface area contributed by atoms with Gasteiger partial charge in [-0.25, -0.2) is 9.18 Å². The van der Waals surface area contributed by atoms with Crippen LogP contribution in [0.4, 0.5) is 14.9 Å². The summed E-state index contributed by atoms with van der Waals surface area (Å²) in [6.07, 6.45) is -0.0620. The van der Waals surface area contributed by atoms with Gasteiger partial charge in [0.1, 0.15) is 11.4 Å². The molecule has 1 N–H and O–H groups in total. The maximum absolute atomic E-state index is 13.7. The van der Waals surface area contributed by atoms with Gasteiger partial charge in [-0.1, -0.05) is 26.0 Å². The third kappa shape index (κ3) is 6.47. The minimum absolute atomic E-state index is 0.102. The first-order valence-corrected chi connectivity index (χ1v) is 13.8. The van der Waals surface area contributed by atoms with Crippen molar-refractivity contribution in [3.05, 3.63) is 63.3 Å². The molecule has 2 aliphatic heterocycles. The van der Waals surface area contributed by atoms with Gasteiger partial charge < -0.3 is 19.5 Å².